The summed E-state index contributed by atoms with van der Waals surface area (Å²) in [7, 11) is 1.59. The molecular weight excluding hydrogens is 328 g/mol. The van der Waals surface area contributed by atoms with Gasteiger partial charge in [0.2, 0.25) is 0 Å². The molecule has 1 amide bonds. The van der Waals surface area contributed by atoms with Gasteiger partial charge in [0.1, 0.15) is 17.3 Å². The zero-order valence-electron chi connectivity index (χ0n) is 14.1. The third kappa shape index (κ3) is 6.54. The first-order valence-corrected chi connectivity index (χ1v) is 7.72. The second-order valence-corrected chi connectivity index (χ2v) is 5.16. The standard InChI is InChI=1S/C17H20N2O6/c1-12-10-15(19-25-12)18-16(20)11-24-17(21)4-3-9-23-14-7-5-13(22-2)6-8-14/h5-8,10H,3-4,9,11H2,1-2H3,(H,18,19,20). The lowest BCUT2D eigenvalue weighted by Crippen LogP contribution is -2.21. The van der Waals surface area contributed by atoms with Gasteiger partial charge in [0.25, 0.3) is 5.91 Å². The topological polar surface area (TPSA) is 99.9 Å². The number of esters is 1. The van der Waals surface area contributed by atoms with E-state index in [2.05, 4.69) is 10.5 Å². The molecule has 1 aromatic heterocycles. The molecule has 0 radical (unpaired) electrons. The molecule has 0 aliphatic rings. The van der Waals surface area contributed by atoms with E-state index in [1.54, 1.807) is 44.4 Å². The second-order valence-electron chi connectivity index (χ2n) is 5.16. The van der Waals surface area contributed by atoms with E-state index < -0.39 is 11.9 Å². The van der Waals surface area contributed by atoms with Crippen LogP contribution in [0.1, 0.15) is 18.6 Å². The largest absolute Gasteiger partial charge is 0.497 e. The SMILES string of the molecule is COc1ccc(OCCCC(=O)OCC(=O)Nc2cc(C)on2)cc1. The summed E-state index contributed by atoms with van der Waals surface area (Å²) < 4.78 is 20.3. The predicted octanol–water partition coefficient (Wildman–Crippen LogP) is 2.33. The molecular formula is C17H20N2O6. The molecule has 0 aliphatic carbocycles. The van der Waals surface area contributed by atoms with Gasteiger partial charge in [-0.15, -0.1) is 0 Å². The number of aryl methyl sites for hydroxylation is 1. The van der Waals surface area contributed by atoms with E-state index in [-0.39, 0.29) is 18.8 Å². The number of benzene rings is 1. The highest BCUT2D eigenvalue weighted by Gasteiger charge is 2.10. The number of aromatic nitrogens is 1. The summed E-state index contributed by atoms with van der Waals surface area (Å²) in [6.07, 6.45) is 0.640. The van der Waals surface area contributed by atoms with E-state index in [9.17, 15) is 9.59 Å². The van der Waals surface area contributed by atoms with E-state index in [0.717, 1.165) is 5.75 Å². The van der Waals surface area contributed by atoms with Crippen LogP contribution in [0.2, 0.25) is 0 Å². The summed E-state index contributed by atoms with van der Waals surface area (Å²) >= 11 is 0. The number of carbonyl (C=O) groups is 2. The lowest BCUT2D eigenvalue weighted by molar-refractivity contribution is -0.147. The van der Waals surface area contributed by atoms with Crippen molar-refractivity contribution in [3.63, 3.8) is 0 Å². The Morgan fingerprint density at radius 1 is 1.20 bits per heavy atom. The molecule has 0 saturated carbocycles. The molecule has 0 aliphatic heterocycles. The van der Waals surface area contributed by atoms with E-state index in [4.69, 9.17) is 18.7 Å². The maximum absolute atomic E-state index is 11.6. The minimum atomic E-state index is -0.476. The number of methoxy groups -OCH3 is 1. The lowest BCUT2D eigenvalue weighted by atomic mass is 10.3. The molecule has 8 heteroatoms. The first-order chi connectivity index (χ1) is 12.1. The van der Waals surface area contributed by atoms with Gasteiger partial charge in [0.15, 0.2) is 12.4 Å². The lowest BCUT2D eigenvalue weighted by Gasteiger charge is -2.07. The fourth-order valence-electron chi connectivity index (χ4n) is 1.90. The molecule has 0 bridgehead atoms. The molecule has 0 saturated heterocycles. The first kappa shape index (κ1) is 18.3. The molecule has 0 atom stereocenters. The Morgan fingerprint density at radius 2 is 1.92 bits per heavy atom. The molecule has 0 spiro atoms. The maximum atomic E-state index is 11.6. The summed E-state index contributed by atoms with van der Waals surface area (Å²) in [5.41, 5.74) is 0. The molecule has 1 N–H and O–H groups in total. The highest BCUT2D eigenvalue weighted by Crippen LogP contribution is 2.17. The Kier molecular flexibility index (Phi) is 6.82. The zero-order valence-corrected chi connectivity index (χ0v) is 14.1. The molecule has 134 valence electrons. The Hall–Kier alpha value is -3.03. The fraction of sp³-hybridized carbons (Fsp3) is 0.353. The van der Waals surface area contributed by atoms with Crippen LogP contribution in [-0.2, 0) is 14.3 Å². The van der Waals surface area contributed by atoms with Crippen LogP contribution in [0.25, 0.3) is 0 Å². The molecule has 2 aromatic rings. The van der Waals surface area contributed by atoms with Crippen molar-refractivity contribution in [3.8, 4) is 11.5 Å². The van der Waals surface area contributed by atoms with Crippen molar-refractivity contribution in [2.45, 2.75) is 19.8 Å². The Balaban J connectivity index is 1.58. The number of nitrogens with one attached hydrogen (secondary N) is 1. The minimum absolute atomic E-state index is 0.159. The van der Waals surface area contributed by atoms with Gasteiger partial charge in [-0.2, -0.15) is 0 Å². The molecule has 1 heterocycles. The van der Waals surface area contributed by atoms with Gasteiger partial charge in [-0.05, 0) is 37.6 Å². The Labute approximate surface area is 145 Å². The third-order valence-corrected chi connectivity index (χ3v) is 3.11. The van der Waals surface area contributed by atoms with E-state index in [1.807, 2.05) is 0 Å². The number of anilines is 1. The van der Waals surface area contributed by atoms with E-state index in [1.165, 1.54) is 0 Å². The van der Waals surface area contributed by atoms with Crippen molar-refractivity contribution in [3.05, 3.63) is 36.1 Å². The van der Waals surface area contributed by atoms with Crippen LogP contribution in [0, 0.1) is 6.92 Å². The van der Waals surface area contributed by atoms with Crippen molar-refractivity contribution in [2.24, 2.45) is 0 Å². The van der Waals surface area contributed by atoms with Gasteiger partial charge >= 0.3 is 5.97 Å². The van der Waals surface area contributed by atoms with Gasteiger partial charge in [-0.25, -0.2) is 0 Å². The van der Waals surface area contributed by atoms with Crippen LogP contribution in [-0.4, -0.2) is 37.4 Å². The predicted molar refractivity (Wildman–Crippen MR) is 88.6 cm³/mol. The van der Waals surface area contributed by atoms with Crippen LogP contribution in [0.4, 0.5) is 5.82 Å². The Bertz CT molecular complexity index is 695. The highest BCUT2D eigenvalue weighted by molar-refractivity contribution is 5.91. The van der Waals surface area contributed by atoms with E-state index >= 15 is 0 Å². The fourth-order valence-corrected chi connectivity index (χ4v) is 1.90. The number of rotatable bonds is 9. The van der Waals surface area contributed by atoms with Crippen molar-refractivity contribution in [1.82, 2.24) is 5.16 Å². The van der Waals surface area contributed by atoms with Crippen LogP contribution in [0.15, 0.2) is 34.9 Å². The first-order valence-electron chi connectivity index (χ1n) is 7.72. The summed E-state index contributed by atoms with van der Waals surface area (Å²) in [5.74, 6) is 1.35. The van der Waals surface area contributed by atoms with Crippen molar-refractivity contribution in [2.75, 3.05) is 25.6 Å². The van der Waals surface area contributed by atoms with Gasteiger partial charge in [0.05, 0.1) is 13.7 Å². The highest BCUT2D eigenvalue weighted by atomic mass is 16.5. The maximum Gasteiger partial charge on any atom is 0.306 e. The number of ether oxygens (including phenoxy) is 3. The summed E-state index contributed by atoms with van der Waals surface area (Å²) in [6, 6.07) is 8.72. The molecule has 1 aromatic carbocycles. The van der Waals surface area contributed by atoms with E-state index in [0.29, 0.717) is 24.5 Å². The summed E-state index contributed by atoms with van der Waals surface area (Å²) in [5, 5.41) is 6.07. The van der Waals surface area contributed by atoms with Gasteiger partial charge in [0, 0.05) is 12.5 Å². The van der Waals surface area contributed by atoms with Crippen LogP contribution in [0.5, 0.6) is 11.5 Å². The number of amides is 1. The van der Waals surface area contributed by atoms with Crippen molar-refractivity contribution in [1.29, 1.82) is 0 Å². The summed E-state index contributed by atoms with van der Waals surface area (Å²) in [6.45, 7) is 1.70. The quantitative estimate of drug-likeness (QED) is 0.548. The monoisotopic (exact) mass is 348 g/mol. The molecule has 2 rings (SSSR count). The van der Waals surface area contributed by atoms with Gasteiger partial charge in [-0.1, -0.05) is 5.16 Å². The number of nitrogens with zero attached hydrogens (tertiary/aromatic N) is 1. The van der Waals surface area contributed by atoms with Gasteiger partial charge < -0.3 is 24.1 Å². The molecule has 8 nitrogen and oxygen atoms in total. The number of hydrogen-bond donors (Lipinski definition) is 1. The number of hydrogen-bond acceptors (Lipinski definition) is 7. The minimum Gasteiger partial charge on any atom is -0.497 e. The smallest absolute Gasteiger partial charge is 0.306 e. The van der Waals surface area contributed by atoms with Gasteiger partial charge in [-0.3, -0.25) is 9.59 Å². The normalized spacial score (nSPS) is 10.2. The summed E-state index contributed by atoms with van der Waals surface area (Å²) in [4.78, 5) is 23.2. The third-order valence-electron chi connectivity index (χ3n) is 3.11. The van der Waals surface area contributed by atoms with Crippen LogP contribution >= 0.6 is 0 Å². The zero-order chi connectivity index (χ0) is 18.1. The molecule has 0 unspecified atom stereocenters. The second kappa shape index (κ2) is 9.31. The Morgan fingerprint density at radius 3 is 2.56 bits per heavy atom. The van der Waals surface area contributed by atoms with Crippen LogP contribution in [0.3, 0.4) is 0 Å². The van der Waals surface area contributed by atoms with Crippen molar-refractivity contribution >= 4 is 17.7 Å². The number of carbonyl (C=O) groups excluding carboxylic acids is 2. The van der Waals surface area contributed by atoms with Crippen LogP contribution < -0.4 is 14.8 Å². The van der Waals surface area contributed by atoms with Crippen molar-refractivity contribution < 1.29 is 28.3 Å². The molecule has 25 heavy (non-hydrogen) atoms. The average molecular weight is 348 g/mol. The molecule has 0 fully saturated rings. The average Bonchev–Trinajstić information content (AvgIpc) is 3.02.